The lowest BCUT2D eigenvalue weighted by Crippen LogP contribution is -2.03. The maximum atomic E-state index is 13.2. The second-order valence-electron chi connectivity index (χ2n) is 16.3. The highest BCUT2D eigenvalue weighted by atomic mass is 31.2. The first-order valence-electron chi connectivity index (χ1n) is 23.0. The van der Waals surface area contributed by atoms with Crippen LogP contribution in [0.5, 0.6) is 11.5 Å². The SMILES string of the molecule is CCCCCCCCCCCCOc1ccc2cc(CP(=O)(OC)OC)ccc2c1-c1c(OCCCCCCCCCCCC)ccc2cc(CP(=O)(OC)OC)ccc12. The molecule has 10 heteroatoms. The first kappa shape index (κ1) is 50.0. The molecule has 0 N–H and O–H groups in total. The first-order chi connectivity index (χ1) is 29.2. The highest BCUT2D eigenvalue weighted by molar-refractivity contribution is 7.53. The molecule has 4 aromatic carbocycles. The van der Waals surface area contributed by atoms with Gasteiger partial charge in [0, 0.05) is 39.6 Å². The second-order valence-corrected chi connectivity index (χ2v) is 20.9. The minimum absolute atomic E-state index is 0.166. The molecule has 0 bridgehead atoms. The van der Waals surface area contributed by atoms with E-state index >= 15 is 0 Å². The third kappa shape index (κ3) is 15.9. The first-order valence-corrected chi connectivity index (χ1v) is 26.5. The minimum atomic E-state index is -3.28. The van der Waals surface area contributed by atoms with Crippen molar-refractivity contribution in [2.24, 2.45) is 0 Å². The van der Waals surface area contributed by atoms with Crippen LogP contribution in [-0.2, 0) is 39.5 Å². The maximum Gasteiger partial charge on any atom is 0.334 e. The summed E-state index contributed by atoms with van der Waals surface area (Å²) in [6, 6.07) is 20.6. The van der Waals surface area contributed by atoms with Crippen LogP contribution >= 0.6 is 15.2 Å². The van der Waals surface area contributed by atoms with Crippen molar-refractivity contribution >= 4 is 36.7 Å². The molecule has 4 rings (SSSR count). The lowest BCUT2D eigenvalue weighted by atomic mass is 9.91. The molecule has 0 radical (unpaired) electrons. The predicted molar refractivity (Wildman–Crippen MR) is 252 cm³/mol. The highest BCUT2D eigenvalue weighted by Crippen LogP contribution is 2.52. The van der Waals surface area contributed by atoms with Gasteiger partial charge < -0.3 is 27.6 Å². The Morgan fingerprint density at radius 3 is 1.03 bits per heavy atom. The standard InChI is InChI=1S/C50H76O8P2/c1-7-9-11-13-15-17-19-21-23-25-35-57-47-33-29-43-37-41(39-59(51,53-3)54-4)27-31-45(43)49(47)50-46-32-28-42(40-60(52,55-5)56-6)38-44(46)30-34-48(50)58-36-26-24-22-20-18-16-14-12-10-8-2/h27-34,37-38H,7-26,35-36,39-40H2,1-6H3. The van der Waals surface area contributed by atoms with Gasteiger partial charge in [0.25, 0.3) is 0 Å². The molecule has 0 aliphatic rings. The van der Waals surface area contributed by atoms with Crippen molar-refractivity contribution in [3.63, 3.8) is 0 Å². The molecule has 334 valence electrons. The average Bonchev–Trinajstić information content (AvgIpc) is 3.27. The van der Waals surface area contributed by atoms with Crippen molar-refractivity contribution in [2.75, 3.05) is 41.7 Å². The Bertz CT molecular complexity index is 1790. The largest absolute Gasteiger partial charge is 0.493 e. The van der Waals surface area contributed by atoms with Gasteiger partial charge >= 0.3 is 15.2 Å². The van der Waals surface area contributed by atoms with Gasteiger partial charge in [-0.25, -0.2) is 0 Å². The van der Waals surface area contributed by atoms with E-state index in [4.69, 9.17) is 27.6 Å². The highest BCUT2D eigenvalue weighted by Gasteiger charge is 2.25. The Morgan fingerprint density at radius 2 is 0.717 bits per heavy atom. The van der Waals surface area contributed by atoms with Gasteiger partial charge in [0.15, 0.2) is 0 Å². The van der Waals surface area contributed by atoms with Crippen LogP contribution in [0.4, 0.5) is 0 Å². The summed E-state index contributed by atoms with van der Waals surface area (Å²) in [6.45, 7) is 5.77. The summed E-state index contributed by atoms with van der Waals surface area (Å²) in [6.07, 6.45) is 25.5. The smallest absolute Gasteiger partial charge is 0.334 e. The van der Waals surface area contributed by atoms with Crippen LogP contribution in [-0.4, -0.2) is 41.7 Å². The molecule has 0 spiro atoms. The molecular formula is C50H76O8P2. The Morgan fingerprint density at radius 1 is 0.400 bits per heavy atom. The number of fused-ring (bicyclic) bond motifs is 2. The van der Waals surface area contributed by atoms with Crippen molar-refractivity contribution in [2.45, 2.75) is 155 Å². The van der Waals surface area contributed by atoms with Crippen molar-refractivity contribution in [3.05, 3.63) is 71.8 Å². The lowest BCUT2D eigenvalue weighted by Gasteiger charge is -2.21. The van der Waals surface area contributed by atoms with Gasteiger partial charge in [-0.2, -0.15) is 0 Å². The van der Waals surface area contributed by atoms with Crippen LogP contribution in [0, 0.1) is 0 Å². The molecule has 0 amide bonds. The van der Waals surface area contributed by atoms with E-state index in [1.54, 1.807) is 0 Å². The van der Waals surface area contributed by atoms with Gasteiger partial charge in [0.05, 0.1) is 25.5 Å². The molecule has 0 aromatic heterocycles. The summed E-state index contributed by atoms with van der Waals surface area (Å²) in [5.74, 6) is 1.60. The Labute approximate surface area is 362 Å². The lowest BCUT2D eigenvalue weighted by molar-refractivity contribution is 0.274. The molecule has 0 saturated carbocycles. The zero-order valence-electron chi connectivity index (χ0n) is 37.9. The van der Waals surface area contributed by atoms with Crippen molar-refractivity contribution in [1.29, 1.82) is 0 Å². The van der Waals surface area contributed by atoms with Crippen molar-refractivity contribution in [1.82, 2.24) is 0 Å². The zero-order chi connectivity index (χ0) is 43.1. The normalized spacial score (nSPS) is 12.2. The molecule has 0 heterocycles. The summed E-state index contributed by atoms with van der Waals surface area (Å²) in [4.78, 5) is 0. The van der Waals surface area contributed by atoms with Crippen molar-refractivity contribution in [3.8, 4) is 22.6 Å². The summed E-state index contributed by atoms with van der Waals surface area (Å²) in [5, 5.41) is 3.99. The molecule has 60 heavy (non-hydrogen) atoms. The van der Waals surface area contributed by atoms with Gasteiger partial charge in [-0.05, 0) is 57.6 Å². The topological polar surface area (TPSA) is 89.5 Å². The molecule has 0 saturated heterocycles. The quantitative estimate of drug-likeness (QED) is 0.0345. The number of hydrogen-bond acceptors (Lipinski definition) is 8. The molecule has 8 nitrogen and oxygen atoms in total. The predicted octanol–water partition coefficient (Wildman–Crippen LogP) is 16.2. The molecule has 0 unspecified atom stereocenters. The van der Waals surface area contributed by atoms with Gasteiger partial charge in [-0.15, -0.1) is 0 Å². The fourth-order valence-corrected chi connectivity index (χ4v) is 10.2. The summed E-state index contributed by atoms with van der Waals surface area (Å²) >= 11 is 0. The van der Waals surface area contributed by atoms with E-state index in [-0.39, 0.29) is 12.3 Å². The number of unbranched alkanes of at least 4 members (excludes halogenated alkanes) is 18. The molecule has 0 atom stereocenters. The van der Waals surface area contributed by atoms with Gasteiger partial charge in [-0.1, -0.05) is 178 Å². The molecule has 0 aliphatic carbocycles. The molecular weight excluding hydrogens is 790 g/mol. The average molecular weight is 867 g/mol. The van der Waals surface area contributed by atoms with E-state index in [0.717, 1.165) is 81.0 Å². The van der Waals surface area contributed by atoms with Crippen LogP contribution in [0.1, 0.15) is 153 Å². The second kappa shape index (κ2) is 27.4. The zero-order valence-corrected chi connectivity index (χ0v) is 39.7. The molecule has 0 fully saturated rings. The Hall–Kier alpha value is -2.70. The van der Waals surface area contributed by atoms with Crippen LogP contribution in [0.25, 0.3) is 32.7 Å². The molecule has 0 aliphatic heterocycles. The van der Waals surface area contributed by atoms with E-state index in [0.29, 0.717) is 13.2 Å². The maximum absolute atomic E-state index is 13.2. The third-order valence-electron chi connectivity index (χ3n) is 11.7. The van der Waals surface area contributed by atoms with Gasteiger partial charge in [0.2, 0.25) is 0 Å². The molecule has 4 aromatic rings. The van der Waals surface area contributed by atoms with E-state index in [9.17, 15) is 9.13 Å². The fourth-order valence-electron chi connectivity index (χ4n) is 8.07. The van der Waals surface area contributed by atoms with Gasteiger partial charge in [0.1, 0.15) is 11.5 Å². The van der Waals surface area contributed by atoms with E-state index in [1.165, 1.54) is 131 Å². The third-order valence-corrected chi connectivity index (χ3v) is 15.4. The van der Waals surface area contributed by atoms with E-state index in [2.05, 4.69) is 62.4 Å². The fraction of sp³-hybridized carbons (Fsp3) is 0.600. The number of ether oxygens (including phenoxy) is 2. The van der Waals surface area contributed by atoms with E-state index in [1.807, 2.05) is 12.1 Å². The van der Waals surface area contributed by atoms with Crippen LogP contribution in [0.3, 0.4) is 0 Å². The Kier molecular flexibility index (Phi) is 22.8. The number of benzene rings is 4. The summed E-state index contributed by atoms with van der Waals surface area (Å²) < 4.78 is 61.0. The van der Waals surface area contributed by atoms with Crippen LogP contribution in [0.15, 0.2) is 60.7 Å². The number of rotatable bonds is 33. The summed E-state index contributed by atoms with van der Waals surface area (Å²) in [7, 11) is -0.851. The summed E-state index contributed by atoms with van der Waals surface area (Å²) in [5.41, 5.74) is 3.65. The van der Waals surface area contributed by atoms with Crippen molar-refractivity contribution < 1.29 is 36.7 Å². The Balaban J connectivity index is 1.66. The van der Waals surface area contributed by atoms with Gasteiger partial charge in [-0.3, -0.25) is 9.13 Å². The van der Waals surface area contributed by atoms with Crippen LogP contribution < -0.4 is 9.47 Å². The number of hydrogen-bond donors (Lipinski definition) is 0. The minimum Gasteiger partial charge on any atom is -0.493 e. The van der Waals surface area contributed by atoms with Crippen LogP contribution in [0.2, 0.25) is 0 Å². The monoisotopic (exact) mass is 867 g/mol. The van der Waals surface area contributed by atoms with E-state index < -0.39 is 15.2 Å².